The Balaban J connectivity index is 1.63. The van der Waals surface area contributed by atoms with Crippen LogP contribution in [-0.4, -0.2) is 55.6 Å². The van der Waals surface area contributed by atoms with Gasteiger partial charge in [0.15, 0.2) is 0 Å². The summed E-state index contributed by atoms with van der Waals surface area (Å²) in [5.41, 5.74) is 2.34. The third-order valence-corrected chi connectivity index (χ3v) is 5.32. The Labute approximate surface area is 133 Å². The van der Waals surface area contributed by atoms with E-state index in [1.54, 1.807) is 12.1 Å². The number of halogens is 1. The van der Waals surface area contributed by atoms with Gasteiger partial charge in [0.1, 0.15) is 5.82 Å². The zero-order valence-electron chi connectivity index (χ0n) is 13.8. The van der Waals surface area contributed by atoms with Crippen molar-refractivity contribution in [2.75, 3.05) is 45.8 Å². The maximum absolute atomic E-state index is 13.3. The van der Waals surface area contributed by atoms with Gasteiger partial charge in [-0.2, -0.15) is 0 Å². The molecule has 3 rings (SSSR count). The molecule has 0 unspecified atom stereocenters. The summed E-state index contributed by atoms with van der Waals surface area (Å²) in [7, 11) is 0. The molecule has 3 nitrogen and oxygen atoms in total. The molecular formula is C18H28FN3. The molecule has 1 aromatic rings. The van der Waals surface area contributed by atoms with Crippen molar-refractivity contribution >= 4 is 0 Å². The van der Waals surface area contributed by atoms with Crippen LogP contribution in [0.3, 0.4) is 0 Å². The molecule has 1 N–H and O–H groups in total. The lowest BCUT2D eigenvalue weighted by molar-refractivity contribution is 0.119. The summed E-state index contributed by atoms with van der Waals surface area (Å²) < 4.78 is 13.3. The molecule has 0 bridgehead atoms. The van der Waals surface area contributed by atoms with Gasteiger partial charge in [-0.15, -0.1) is 0 Å². The lowest BCUT2D eigenvalue weighted by atomic mass is 9.91. The molecule has 0 radical (unpaired) electrons. The molecule has 0 spiro atoms. The fourth-order valence-electron chi connectivity index (χ4n) is 3.93. The Hall–Kier alpha value is -0.970. The van der Waals surface area contributed by atoms with E-state index in [1.807, 2.05) is 13.0 Å². The zero-order valence-corrected chi connectivity index (χ0v) is 13.8. The van der Waals surface area contributed by atoms with Gasteiger partial charge < -0.3 is 15.1 Å². The molecule has 0 amide bonds. The third-order valence-electron chi connectivity index (χ3n) is 5.32. The van der Waals surface area contributed by atoms with Gasteiger partial charge in [0.25, 0.3) is 0 Å². The monoisotopic (exact) mass is 305 g/mol. The minimum absolute atomic E-state index is 0.133. The van der Waals surface area contributed by atoms with Crippen LogP contribution in [0.1, 0.15) is 30.5 Å². The molecule has 2 aliphatic rings. The lowest BCUT2D eigenvalue weighted by Crippen LogP contribution is -2.47. The van der Waals surface area contributed by atoms with Crippen molar-refractivity contribution in [1.29, 1.82) is 0 Å². The summed E-state index contributed by atoms with van der Waals surface area (Å²) >= 11 is 0. The fourth-order valence-corrected chi connectivity index (χ4v) is 3.93. The number of likely N-dealkylation sites (N-methyl/N-ethyl adjacent to an activating group) is 1. The van der Waals surface area contributed by atoms with E-state index in [-0.39, 0.29) is 5.82 Å². The van der Waals surface area contributed by atoms with Crippen molar-refractivity contribution in [3.05, 3.63) is 35.1 Å². The Kier molecular flexibility index (Phi) is 5.11. The standard InChI is InChI=1S/C18H28FN3/c1-3-21-8-10-22(11-9-21)13-15-6-7-20-18(15)17-5-4-16(19)12-14(17)2/h4-5,12,15,18,20H,3,6-11,13H2,1-2H3/t15-,18+/m1/s1. The largest absolute Gasteiger partial charge is 0.310 e. The number of rotatable bonds is 4. The summed E-state index contributed by atoms with van der Waals surface area (Å²) in [5, 5.41) is 3.63. The second-order valence-corrected chi connectivity index (χ2v) is 6.72. The van der Waals surface area contributed by atoms with Gasteiger partial charge in [-0.3, -0.25) is 0 Å². The van der Waals surface area contributed by atoms with Gasteiger partial charge in [0.2, 0.25) is 0 Å². The molecule has 2 fully saturated rings. The number of hydrogen-bond donors (Lipinski definition) is 1. The van der Waals surface area contributed by atoms with Crippen molar-refractivity contribution in [2.45, 2.75) is 26.3 Å². The number of hydrogen-bond acceptors (Lipinski definition) is 3. The van der Waals surface area contributed by atoms with E-state index in [9.17, 15) is 4.39 Å². The van der Waals surface area contributed by atoms with Crippen LogP contribution >= 0.6 is 0 Å². The van der Waals surface area contributed by atoms with E-state index >= 15 is 0 Å². The maximum atomic E-state index is 13.3. The number of benzene rings is 1. The van der Waals surface area contributed by atoms with E-state index in [4.69, 9.17) is 0 Å². The van der Waals surface area contributed by atoms with Crippen LogP contribution in [0.25, 0.3) is 0 Å². The molecule has 2 atom stereocenters. The highest BCUT2D eigenvalue weighted by molar-refractivity contribution is 5.30. The van der Waals surface area contributed by atoms with E-state index in [1.165, 1.54) is 38.2 Å². The average Bonchev–Trinajstić information content (AvgIpc) is 2.96. The van der Waals surface area contributed by atoms with Crippen LogP contribution in [0.5, 0.6) is 0 Å². The van der Waals surface area contributed by atoms with Crippen LogP contribution in [0.4, 0.5) is 4.39 Å². The SMILES string of the molecule is CCN1CCN(C[C@H]2CCN[C@@H]2c2ccc(F)cc2C)CC1. The third kappa shape index (κ3) is 3.50. The summed E-state index contributed by atoms with van der Waals surface area (Å²) in [6.45, 7) is 12.4. The molecule has 0 aliphatic carbocycles. The lowest BCUT2D eigenvalue weighted by Gasteiger charge is -2.36. The van der Waals surface area contributed by atoms with E-state index in [0.717, 1.165) is 25.2 Å². The second-order valence-electron chi connectivity index (χ2n) is 6.72. The maximum Gasteiger partial charge on any atom is 0.123 e. The normalized spacial score (nSPS) is 27.4. The van der Waals surface area contributed by atoms with Crippen LogP contribution in [0.2, 0.25) is 0 Å². The smallest absolute Gasteiger partial charge is 0.123 e. The van der Waals surface area contributed by atoms with Crippen LogP contribution in [0, 0.1) is 18.7 Å². The number of nitrogens with zero attached hydrogens (tertiary/aromatic N) is 2. The Bertz CT molecular complexity index is 497. The first-order valence-corrected chi connectivity index (χ1v) is 8.61. The highest BCUT2D eigenvalue weighted by atomic mass is 19.1. The molecule has 122 valence electrons. The predicted molar refractivity (Wildman–Crippen MR) is 88.5 cm³/mol. The summed E-state index contributed by atoms with van der Waals surface area (Å²) in [4.78, 5) is 5.13. The highest BCUT2D eigenvalue weighted by Crippen LogP contribution is 2.32. The number of piperazine rings is 1. The van der Waals surface area contributed by atoms with Crippen LogP contribution < -0.4 is 5.32 Å². The van der Waals surface area contributed by atoms with Gasteiger partial charge in [-0.25, -0.2) is 4.39 Å². The highest BCUT2D eigenvalue weighted by Gasteiger charge is 2.31. The molecule has 4 heteroatoms. The first kappa shape index (κ1) is 15.9. The molecule has 2 aliphatic heterocycles. The van der Waals surface area contributed by atoms with Gasteiger partial charge in [-0.1, -0.05) is 13.0 Å². The summed E-state index contributed by atoms with van der Waals surface area (Å²) in [6, 6.07) is 5.60. The van der Waals surface area contributed by atoms with Gasteiger partial charge in [0.05, 0.1) is 0 Å². The van der Waals surface area contributed by atoms with Crippen LogP contribution in [-0.2, 0) is 0 Å². The fraction of sp³-hybridized carbons (Fsp3) is 0.667. The molecular weight excluding hydrogens is 277 g/mol. The first-order chi connectivity index (χ1) is 10.7. The molecule has 2 saturated heterocycles. The Morgan fingerprint density at radius 2 is 1.91 bits per heavy atom. The first-order valence-electron chi connectivity index (χ1n) is 8.61. The quantitative estimate of drug-likeness (QED) is 0.922. The minimum Gasteiger partial charge on any atom is -0.310 e. The van der Waals surface area contributed by atoms with Crippen molar-refractivity contribution in [2.24, 2.45) is 5.92 Å². The van der Waals surface area contributed by atoms with Gasteiger partial charge in [0, 0.05) is 38.8 Å². The van der Waals surface area contributed by atoms with Crippen molar-refractivity contribution in [3.63, 3.8) is 0 Å². The molecule has 0 aromatic heterocycles. The average molecular weight is 305 g/mol. The van der Waals surface area contributed by atoms with Crippen molar-refractivity contribution in [3.8, 4) is 0 Å². The van der Waals surface area contributed by atoms with Crippen molar-refractivity contribution < 1.29 is 4.39 Å². The van der Waals surface area contributed by atoms with Crippen molar-refractivity contribution in [1.82, 2.24) is 15.1 Å². The summed E-state index contributed by atoms with van der Waals surface area (Å²) in [6.07, 6.45) is 1.22. The van der Waals surface area contributed by atoms with E-state index < -0.39 is 0 Å². The predicted octanol–water partition coefficient (Wildman–Crippen LogP) is 2.42. The van der Waals surface area contributed by atoms with Crippen LogP contribution in [0.15, 0.2) is 18.2 Å². The number of nitrogens with one attached hydrogen (secondary N) is 1. The number of aryl methyl sites for hydroxylation is 1. The van der Waals surface area contributed by atoms with Gasteiger partial charge >= 0.3 is 0 Å². The van der Waals surface area contributed by atoms with E-state index in [0.29, 0.717) is 12.0 Å². The molecule has 0 saturated carbocycles. The van der Waals surface area contributed by atoms with E-state index in [2.05, 4.69) is 22.0 Å². The topological polar surface area (TPSA) is 18.5 Å². The second kappa shape index (κ2) is 7.07. The van der Waals surface area contributed by atoms with Gasteiger partial charge in [-0.05, 0) is 55.6 Å². The Morgan fingerprint density at radius 3 is 2.59 bits per heavy atom. The minimum atomic E-state index is -0.133. The molecule has 22 heavy (non-hydrogen) atoms. The summed E-state index contributed by atoms with van der Waals surface area (Å²) in [5.74, 6) is 0.504. The Morgan fingerprint density at radius 1 is 1.18 bits per heavy atom. The molecule has 1 aromatic carbocycles. The molecule has 2 heterocycles. The zero-order chi connectivity index (χ0) is 15.5.